The molecule has 10 aliphatic rings. The van der Waals surface area contributed by atoms with Crippen molar-refractivity contribution in [3.63, 3.8) is 0 Å². The van der Waals surface area contributed by atoms with Crippen LogP contribution in [0, 0.1) is 50.2 Å². The Labute approximate surface area is 490 Å². The third-order valence-electron chi connectivity index (χ3n) is 23.1. The lowest BCUT2D eigenvalue weighted by Crippen LogP contribution is -2.68. The molecular weight excluding hydrogens is 1110 g/mol. The first kappa shape index (κ1) is 65.2. The topological polar surface area (TPSA) is 393 Å². The molecule has 25 heteroatoms. The van der Waals surface area contributed by atoms with Gasteiger partial charge in [0.25, 0.3) is 0 Å². The summed E-state index contributed by atoms with van der Waals surface area (Å²) in [6.45, 7) is 17.0. The second-order valence-electron chi connectivity index (χ2n) is 28.6. The minimum Gasteiger partial charge on any atom is -0.432 e. The number of fused-ring (bicyclic) bond motifs is 7. The highest BCUT2D eigenvalue weighted by atomic mass is 16.8. The molecule has 9 fully saturated rings. The number of hydrogen-bond donors (Lipinski definition) is 14. The highest BCUT2D eigenvalue weighted by Gasteiger charge is 2.70. The Kier molecular flexibility index (Phi) is 18.5. The number of aliphatic hydroxyl groups is 14. The van der Waals surface area contributed by atoms with Gasteiger partial charge in [-0.15, -0.1) is 0 Å². The molecule has 0 aromatic heterocycles. The number of carbonyl (C=O) groups excluding carboxylic acids is 1. The van der Waals surface area contributed by atoms with Crippen LogP contribution in [-0.4, -0.2) is 251 Å². The maximum Gasteiger partial charge on any atom is 0.315 e. The van der Waals surface area contributed by atoms with E-state index in [1.54, 1.807) is 0 Å². The van der Waals surface area contributed by atoms with E-state index in [1.807, 2.05) is 0 Å². The number of hydrogen-bond acceptors (Lipinski definition) is 25. The molecule has 14 N–H and O–H groups in total. The fourth-order valence-corrected chi connectivity index (χ4v) is 17.6. The summed E-state index contributed by atoms with van der Waals surface area (Å²) in [7, 11) is 0. The zero-order valence-corrected chi connectivity index (χ0v) is 49.7. The predicted molar refractivity (Wildman–Crippen MR) is 287 cm³/mol. The first-order valence-corrected chi connectivity index (χ1v) is 30.5. The molecule has 482 valence electrons. The maximum atomic E-state index is 15.8. The molecule has 32 atom stereocenters. The second-order valence-corrected chi connectivity index (χ2v) is 28.6. The monoisotopic (exact) mass is 1200 g/mol. The number of rotatable bonds is 12. The fourth-order valence-electron chi connectivity index (χ4n) is 17.6. The van der Waals surface area contributed by atoms with Crippen LogP contribution in [0.5, 0.6) is 0 Å². The smallest absolute Gasteiger partial charge is 0.315 e. The van der Waals surface area contributed by atoms with E-state index in [9.17, 15) is 71.5 Å². The van der Waals surface area contributed by atoms with Crippen LogP contribution in [0.2, 0.25) is 0 Å². The van der Waals surface area contributed by atoms with Gasteiger partial charge in [-0.3, -0.25) is 4.79 Å². The van der Waals surface area contributed by atoms with Gasteiger partial charge in [0.15, 0.2) is 31.3 Å². The van der Waals surface area contributed by atoms with Crippen molar-refractivity contribution in [3.05, 3.63) is 11.6 Å². The molecule has 25 nitrogen and oxygen atoms in total. The molecular formula is C59H96O25. The normalized spacial score (nSPS) is 54.6. The third kappa shape index (κ3) is 10.8. The van der Waals surface area contributed by atoms with Gasteiger partial charge in [-0.1, -0.05) is 60.1 Å². The molecule has 84 heavy (non-hydrogen) atoms. The average molecular weight is 1210 g/mol. The zero-order valence-electron chi connectivity index (χ0n) is 49.7. The summed E-state index contributed by atoms with van der Waals surface area (Å²) in [6.07, 6.45) is -29.7. The minimum atomic E-state index is -1.98. The summed E-state index contributed by atoms with van der Waals surface area (Å²) in [4.78, 5) is 15.8. The summed E-state index contributed by atoms with van der Waals surface area (Å²) in [6, 6.07) is 0. The average Bonchev–Trinajstić information content (AvgIpc) is 0.689. The molecule has 5 aliphatic heterocycles. The summed E-state index contributed by atoms with van der Waals surface area (Å²) < 4.78 is 61.4. The van der Waals surface area contributed by atoms with Gasteiger partial charge in [0.2, 0.25) is 6.29 Å². The van der Waals surface area contributed by atoms with E-state index in [2.05, 4.69) is 54.5 Å². The van der Waals surface area contributed by atoms with E-state index >= 15 is 4.79 Å². The number of carbonyl (C=O) groups is 1. The lowest BCUT2D eigenvalue weighted by molar-refractivity contribution is -0.387. The SMILES string of the molecule is C[C@@H]1O[C@@H](O[C@H]2[C@H](O[C@H]3CC[C@]4(C)[C@H]5CC=C6[C@@H]7CC(C)(C)CC[C@]7(C(=O)O[C@H]7O[C@H](CO)[C@@H](O)[C@H](O[C@@H]8O[C@@H](C)[C@H](O)[C@@H](O)[C@H]8O)[C@H]7O[C@H]7O[C@H](CO)[C@@H](O)[C@H](O)[C@H]7O)CC[C@@]6(C)[C@]5(C)CC[C@H]4C3(C)C)OC[C@H](O)[C@@H]2O)[C@H](O)[C@H](O)[C@H]1O. The van der Waals surface area contributed by atoms with E-state index < -0.39 is 189 Å². The van der Waals surface area contributed by atoms with Crippen LogP contribution in [0.4, 0.5) is 0 Å². The Morgan fingerprint density at radius 2 is 1.07 bits per heavy atom. The number of ether oxygens (including phenoxy) is 10. The Balaban J connectivity index is 0.921. The molecule has 0 bridgehead atoms. The van der Waals surface area contributed by atoms with Crippen molar-refractivity contribution < 1.29 is 124 Å². The zero-order chi connectivity index (χ0) is 61.3. The van der Waals surface area contributed by atoms with Crippen LogP contribution in [0.25, 0.3) is 0 Å². The van der Waals surface area contributed by atoms with Crippen molar-refractivity contribution in [1.82, 2.24) is 0 Å². The van der Waals surface area contributed by atoms with E-state index in [4.69, 9.17) is 47.4 Å². The van der Waals surface area contributed by atoms with E-state index in [0.29, 0.717) is 38.5 Å². The standard InChI is InChI=1S/C59H96O25/c1-24-34(63)39(68)42(71)48(76-24)81-45-38(67)30(22-61)79-52(47(45)83-50-44(73)41(70)37(66)29(21-60)78-50)84-53(74)59-18-16-54(3,4)20-27(59)26-10-11-32-56(7)14-13-33(55(5,6)31(56)12-15-58(32,9)57(26,8)17-19-59)80-51-46(36(65)28(62)23-75-51)82-49-43(72)40(69)35(64)25(2)77-49/h10,24-25,27-52,60-73H,11-23H2,1-9H3/t24-,25-,27-,28-,29+,30+,31-,32+,33-,34-,35-,36-,37+,38+,39+,40+,41-,42+,43+,44+,45-,46+,47+,48-,49-,50+,51-,52+,56-,57+,58+,59-/m0/s1. The molecule has 5 aliphatic carbocycles. The Morgan fingerprint density at radius 3 is 1.68 bits per heavy atom. The van der Waals surface area contributed by atoms with Gasteiger partial charge >= 0.3 is 5.97 Å². The van der Waals surface area contributed by atoms with Gasteiger partial charge in [0.1, 0.15) is 97.7 Å². The second kappa shape index (κ2) is 23.8. The summed E-state index contributed by atoms with van der Waals surface area (Å²) in [5.41, 5.74) is -1.49. The van der Waals surface area contributed by atoms with Crippen LogP contribution in [0.3, 0.4) is 0 Å². The van der Waals surface area contributed by atoms with E-state index in [1.165, 1.54) is 19.4 Å². The van der Waals surface area contributed by atoms with Crippen LogP contribution in [0.15, 0.2) is 11.6 Å². The van der Waals surface area contributed by atoms with Crippen molar-refractivity contribution >= 4 is 5.97 Å². The van der Waals surface area contributed by atoms with E-state index in [0.717, 1.165) is 25.7 Å². The Bertz CT molecular complexity index is 2340. The molecule has 5 saturated heterocycles. The van der Waals surface area contributed by atoms with Crippen LogP contribution in [0.1, 0.15) is 127 Å². The van der Waals surface area contributed by atoms with Crippen molar-refractivity contribution in [2.24, 2.45) is 50.2 Å². The van der Waals surface area contributed by atoms with Gasteiger partial charge in [-0.25, -0.2) is 0 Å². The number of aliphatic hydroxyl groups excluding tert-OH is 14. The Hall–Kier alpha value is -1.71. The molecule has 0 unspecified atom stereocenters. The summed E-state index contributed by atoms with van der Waals surface area (Å²) in [5.74, 6) is -0.649. The third-order valence-corrected chi connectivity index (χ3v) is 23.1. The molecule has 0 amide bonds. The van der Waals surface area contributed by atoms with Crippen molar-refractivity contribution in [2.75, 3.05) is 19.8 Å². The first-order chi connectivity index (χ1) is 39.3. The molecule has 0 spiro atoms. The molecule has 0 aromatic rings. The summed E-state index contributed by atoms with van der Waals surface area (Å²) >= 11 is 0. The highest BCUT2D eigenvalue weighted by Crippen LogP contribution is 2.76. The lowest BCUT2D eigenvalue weighted by atomic mass is 9.33. The molecule has 10 rings (SSSR count). The van der Waals surface area contributed by atoms with Crippen LogP contribution < -0.4 is 0 Å². The maximum absolute atomic E-state index is 15.8. The highest BCUT2D eigenvalue weighted by molar-refractivity contribution is 5.79. The summed E-state index contributed by atoms with van der Waals surface area (Å²) in [5, 5.41) is 151. The molecule has 4 saturated carbocycles. The van der Waals surface area contributed by atoms with Gasteiger partial charge < -0.3 is 119 Å². The van der Waals surface area contributed by atoms with Gasteiger partial charge in [-0.2, -0.15) is 0 Å². The molecule has 5 heterocycles. The molecule has 0 aromatic carbocycles. The largest absolute Gasteiger partial charge is 0.432 e. The number of esters is 1. The fraction of sp³-hybridized carbons (Fsp3) is 0.949. The van der Waals surface area contributed by atoms with Gasteiger partial charge in [0, 0.05) is 0 Å². The quantitative estimate of drug-likeness (QED) is 0.0600. The first-order valence-electron chi connectivity index (χ1n) is 30.5. The van der Waals surface area contributed by atoms with Gasteiger partial charge in [-0.05, 0) is 123 Å². The van der Waals surface area contributed by atoms with Crippen LogP contribution in [-0.2, 0) is 52.2 Å². The van der Waals surface area contributed by atoms with Crippen molar-refractivity contribution in [2.45, 2.75) is 280 Å². The van der Waals surface area contributed by atoms with Crippen molar-refractivity contribution in [1.29, 1.82) is 0 Å². The van der Waals surface area contributed by atoms with E-state index in [-0.39, 0.29) is 40.6 Å². The minimum absolute atomic E-state index is 0.141. The van der Waals surface area contributed by atoms with Crippen LogP contribution >= 0.6 is 0 Å². The lowest BCUT2D eigenvalue weighted by Gasteiger charge is -2.71. The van der Waals surface area contributed by atoms with Crippen molar-refractivity contribution in [3.8, 4) is 0 Å². The number of allylic oxidation sites excluding steroid dienone is 2. The molecule has 0 radical (unpaired) electrons. The predicted octanol–water partition coefficient (Wildman–Crippen LogP) is -1.52. The Morgan fingerprint density at radius 1 is 0.536 bits per heavy atom. The van der Waals surface area contributed by atoms with Gasteiger partial charge in [0.05, 0.1) is 43.5 Å².